The third kappa shape index (κ3) is 3.77. The number of hydrogen-bond donors (Lipinski definition) is 1. The molecule has 0 radical (unpaired) electrons. The van der Waals surface area contributed by atoms with Crippen molar-refractivity contribution in [2.75, 3.05) is 14.2 Å². The van der Waals surface area contributed by atoms with Crippen molar-refractivity contribution in [1.29, 1.82) is 0 Å². The lowest BCUT2D eigenvalue weighted by Crippen LogP contribution is -2.12. The highest BCUT2D eigenvalue weighted by molar-refractivity contribution is 7.15. The summed E-state index contributed by atoms with van der Waals surface area (Å²) in [6.45, 7) is 3.38. The van der Waals surface area contributed by atoms with Gasteiger partial charge in [-0.2, -0.15) is 0 Å². The van der Waals surface area contributed by atoms with E-state index in [-0.39, 0.29) is 0 Å². The molecule has 0 unspecified atom stereocenters. The van der Waals surface area contributed by atoms with E-state index in [9.17, 15) is 0 Å². The summed E-state index contributed by atoms with van der Waals surface area (Å²) in [6, 6.07) is 9.85. The van der Waals surface area contributed by atoms with Gasteiger partial charge in [0, 0.05) is 19.3 Å². The average molecular weight is 344 g/mol. The Morgan fingerprint density at radius 1 is 1.08 bits per heavy atom. The van der Waals surface area contributed by atoms with E-state index in [4.69, 9.17) is 13.9 Å². The second-order valence-electron chi connectivity index (χ2n) is 5.32. The number of aromatic nitrogens is 1. The van der Waals surface area contributed by atoms with Crippen molar-refractivity contribution in [1.82, 2.24) is 10.3 Å². The second kappa shape index (κ2) is 7.51. The molecule has 0 aliphatic heterocycles. The molecule has 0 aliphatic rings. The van der Waals surface area contributed by atoms with Gasteiger partial charge in [0.1, 0.15) is 16.5 Å². The van der Waals surface area contributed by atoms with Crippen LogP contribution in [0.4, 0.5) is 0 Å². The Morgan fingerprint density at radius 3 is 2.62 bits per heavy atom. The Labute approximate surface area is 145 Å². The topological polar surface area (TPSA) is 56.5 Å². The second-order valence-corrected chi connectivity index (χ2v) is 6.44. The van der Waals surface area contributed by atoms with Crippen LogP contribution in [-0.2, 0) is 13.1 Å². The largest absolute Gasteiger partial charge is 0.493 e. The van der Waals surface area contributed by atoms with Gasteiger partial charge in [0.25, 0.3) is 0 Å². The van der Waals surface area contributed by atoms with Crippen LogP contribution in [0.25, 0.3) is 10.6 Å². The van der Waals surface area contributed by atoms with Gasteiger partial charge >= 0.3 is 0 Å². The molecular weight excluding hydrogens is 324 g/mol. The zero-order valence-electron chi connectivity index (χ0n) is 14.0. The molecule has 0 saturated carbocycles. The van der Waals surface area contributed by atoms with Gasteiger partial charge in [0.15, 0.2) is 11.5 Å². The average Bonchev–Trinajstić information content (AvgIpc) is 3.23. The van der Waals surface area contributed by atoms with Crippen LogP contribution >= 0.6 is 11.3 Å². The van der Waals surface area contributed by atoms with Crippen molar-refractivity contribution in [3.05, 3.63) is 52.9 Å². The van der Waals surface area contributed by atoms with Gasteiger partial charge in [-0.3, -0.25) is 0 Å². The number of aryl methyl sites for hydroxylation is 1. The van der Waals surface area contributed by atoms with E-state index in [2.05, 4.69) is 10.3 Å². The summed E-state index contributed by atoms with van der Waals surface area (Å²) < 4.78 is 16.2. The van der Waals surface area contributed by atoms with Crippen LogP contribution in [0.2, 0.25) is 0 Å². The number of furan rings is 1. The fourth-order valence-corrected chi connectivity index (χ4v) is 3.23. The normalized spacial score (nSPS) is 10.8. The van der Waals surface area contributed by atoms with E-state index in [1.165, 1.54) is 0 Å². The Hall–Kier alpha value is -2.31. The molecule has 1 N–H and O–H groups in total. The summed E-state index contributed by atoms with van der Waals surface area (Å²) in [7, 11) is 3.28. The molecule has 0 bridgehead atoms. The first kappa shape index (κ1) is 16.5. The van der Waals surface area contributed by atoms with E-state index in [1.807, 2.05) is 43.5 Å². The number of thiazole rings is 1. The molecule has 6 heteroatoms. The lowest BCUT2D eigenvalue weighted by Gasteiger charge is -2.09. The molecule has 0 saturated heterocycles. The summed E-state index contributed by atoms with van der Waals surface area (Å²) >= 11 is 1.64. The molecule has 126 valence electrons. The standard InChI is InChI=1S/C18H20N2O3S/c1-12-4-6-15(23-12)17-10-20-18(24-17)11-19-9-13-5-7-14(21-2)16(8-13)22-3/h4-8,10,19H,9,11H2,1-3H3. The number of rotatable bonds is 7. The van der Waals surface area contributed by atoms with Crippen molar-refractivity contribution in [3.63, 3.8) is 0 Å². The molecule has 24 heavy (non-hydrogen) atoms. The highest BCUT2D eigenvalue weighted by Crippen LogP contribution is 2.29. The molecule has 0 atom stereocenters. The van der Waals surface area contributed by atoms with Gasteiger partial charge < -0.3 is 19.2 Å². The number of nitrogens with one attached hydrogen (secondary N) is 1. The molecule has 1 aromatic carbocycles. The summed E-state index contributed by atoms with van der Waals surface area (Å²) in [5, 5.41) is 4.43. The van der Waals surface area contributed by atoms with Gasteiger partial charge in [-0.25, -0.2) is 4.98 Å². The minimum absolute atomic E-state index is 0.707. The minimum atomic E-state index is 0.707. The van der Waals surface area contributed by atoms with Gasteiger partial charge in [-0.05, 0) is 36.8 Å². The van der Waals surface area contributed by atoms with Crippen LogP contribution in [0.3, 0.4) is 0 Å². The highest BCUT2D eigenvalue weighted by atomic mass is 32.1. The third-order valence-electron chi connectivity index (χ3n) is 3.59. The lowest BCUT2D eigenvalue weighted by atomic mass is 10.2. The predicted molar refractivity (Wildman–Crippen MR) is 94.6 cm³/mol. The van der Waals surface area contributed by atoms with Gasteiger partial charge in [-0.1, -0.05) is 6.07 Å². The molecular formula is C18H20N2O3S. The van der Waals surface area contributed by atoms with Crippen molar-refractivity contribution in [2.45, 2.75) is 20.0 Å². The van der Waals surface area contributed by atoms with Crippen LogP contribution < -0.4 is 14.8 Å². The summed E-state index contributed by atoms with van der Waals surface area (Å²) in [6.07, 6.45) is 1.86. The van der Waals surface area contributed by atoms with E-state index in [1.54, 1.807) is 25.6 Å². The van der Waals surface area contributed by atoms with E-state index >= 15 is 0 Å². The quantitative estimate of drug-likeness (QED) is 0.701. The molecule has 0 fully saturated rings. The fraction of sp³-hybridized carbons (Fsp3) is 0.278. The van der Waals surface area contributed by atoms with Gasteiger partial charge in [0.2, 0.25) is 0 Å². The smallest absolute Gasteiger partial charge is 0.161 e. The van der Waals surface area contributed by atoms with Crippen LogP contribution in [0.1, 0.15) is 16.3 Å². The summed E-state index contributed by atoms with van der Waals surface area (Å²) in [5.41, 5.74) is 1.13. The molecule has 3 rings (SSSR count). The molecule has 5 nitrogen and oxygen atoms in total. The van der Waals surface area contributed by atoms with Crippen molar-refractivity contribution < 1.29 is 13.9 Å². The maximum absolute atomic E-state index is 5.63. The molecule has 0 spiro atoms. The first-order chi connectivity index (χ1) is 11.7. The Balaban J connectivity index is 1.58. The molecule has 2 heterocycles. The monoisotopic (exact) mass is 344 g/mol. The fourth-order valence-electron chi connectivity index (χ4n) is 2.38. The zero-order valence-corrected chi connectivity index (χ0v) is 14.8. The van der Waals surface area contributed by atoms with Crippen LogP contribution in [0.15, 0.2) is 40.9 Å². The number of benzene rings is 1. The first-order valence-corrected chi connectivity index (χ1v) is 8.44. The first-order valence-electron chi connectivity index (χ1n) is 7.62. The third-order valence-corrected chi connectivity index (χ3v) is 4.60. The maximum Gasteiger partial charge on any atom is 0.161 e. The van der Waals surface area contributed by atoms with Gasteiger partial charge in [-0.15, -0.1) is 11.3 Å². The zero-order chi connectivity index (χ0) is 16.9. The van der Waals surface area contributed by atoms with Crippen LogP contribution in [-0.4, -0.2) is 19.2 Å². The van der Waals surface area contributed by atoms with Crippen molar-refractivity contribution in [2.24, 2.45) is 0 Å². The minimum Gasteiger partial charge on any atom is -0.493 e. The molecule has 2 aromatic heterocycles. The van der Waals surface area contributed by atoms with E-state index < -0.39 is 0 Å². The van der Waals surface area contributed by atoms with Crippen LogP contribution in [0.5, 0.6) is 11.5 Å². The highest BCUT2D eigenvalue weighted by Gasteiger charge is 2.08. The SMILES string of the molecule is COc1ccc(CNCc2ncc(-c3ccc(C)o3)s2)cc1OC. The molecule has 3 aromatic rings. The number of methoxy groups -OCH3 is 2. The predicted octanol–water partition coefficient (Wildman–Crippen LogP) is 4.02. The van der Waals surface area contributed by atoms with E-state index in [0.717, 1.165) is 45.0 Å². The molecule has 0 aliphatic carbocycles. The summed E-state index contributed by atoms with van der Waals surface area (Å²) in [4.78, 5) is 5.49. The van der Waals surface area contributed by atoms with Gasteiger partial charge in [0.05, 0.1) is 19.1 Å². The Bertz CT molecular complexity index is 810. The van der Waals surface area contributed by atoms with E-state index in [0.29, 0.717) is 6.54 Å². The molecule has 0 amide bonds. The lowest BCUT2D eigenvalue weighted by molar-refractivity contribution is 0.354. The van der Waals surface area contributed by atoms with Crippen LogP contribution in [0, 0.1) is 6.92 Å². The number of nitrogens with zero attached hydrogens (tertiary/aromatic N) is 1. The number of hydrogen-bond acceptors (Lipinski definition) is 6. The Morgan fingerprint density at radius 2 is 1.92 bits per heavy atom. The summed E-state index contributed by atoms with van der Waals surface area (Å²) in [5.74, 6) is 3.25. The Kier molecular flexibility index (Phi) is 5.17. The van der Waals surface area contributed by atoms with Crippen molar-refractivity contribution in [3.8, 4) is 22.1 Å². The number of ether oxygens (including phenoxy) is 2. The van der Waals surface area contributed by atoms with Crippen molar-refractivity contribution >= 4 is 11.3 Å². The maximum atomic E-state index is 5.63.